The highest BCUT2D eigenvalue weighted by atomic mass is 16.3. The zero-order chi connectivity index (χ0) is 15.9. The van der Waals surface area contributed by atoms with Crippen LogP contribution in [0.15, 0.2) is 0 Å². The molecule has 0 aromatic rings. The second-order valence-electron chi connectivity index (χ2n) is 6.98. The first kappa shape index (κ1) is 18.2. The number of hydrogen-bond donors (Lipinski definition) is 3. The molecule has 3 unspecified atom stereocenters. The van der Waals surface area contributed by atoms with E-state index < -0.39 is 5.54 Å². The van der Waals surface area contributed by atoms with E-state index in [0.29, 0.717) is 0 Å². The Balaban J connectivity index is 2.36. The molecule has 0 bridgehead atoms. The van der Waals surface area contributed by atoms with E-state index in [-0.39, 0.29) is 18.7 Å². The van der Waals surface area contributed by atoms with E-state index in [1.54, 1.807) is 0 Å². The molecule has 3 N–H and O–H groups in total. The minimum absolute atomic E-state index is 0.0354. The van der Waals surface area contributed by atoms with Gasteiger partial charge in [-0.3, -0.25) is 0 Å². The maximum absolute atomic E-state index is 12.1. The lowest BCUT2D eigenvalue weighted by atomic mass is 9.97. The summed E-state index contributed by atoms with van der Waals surface area (Å²) in [5.74, 6) is 0.752. The SMILES string of the molecule is CCCC(C)(CO)NC(=O)NC(C)CN1CCCC(C)C1. The second kappa shape index (κ2) is 8.59. The van der Waals surface area contributed by atoms with Gasteiger partial charge in [0.15, 0.2) is 0 Å². The van der Waals surface area contributed by atoms with Gasteiger partial charge in [-0.15, -0.1) is 0 Å². The molecule has 0 saturated carbocycles. The fourth-order valence-electron chi connectivity index (χ4n) is 3.15. The Hall–Kier alpha value is -0.810. The highest BCUT2D eigenvalue weighted by Gasteiger charge is 2.25. The van der Waals surface area contributed by atoms with Gasteiger partial charge in [0.05, 0.1) is 12.1 Å². The Bertz CT molecular complexity index is 325. The fraction of sp³-hybridized carbons (Fsp3) is 0.938. The average Bonchev–Trinajstić information content (AvgIpc) is 2.38. The second-order valence-corrected chi connectivity index (χ2v) is 6.98. The smallest absolute Gasteiger partial charge is 0.315 e. The van der Waals surface area contributed by atoms with Crippen molar-refractivity contribution in [1.29, 1.82) is 0 Å². The standard InChI is InChI=1S/C16H33N3O2/c1-5-8-16(4,12-20)18-15(21)17-14(3)11-19-9-6-7-13(2)10-19/h13-14,20H,5-12H2,1-4H3,(H2,17,18,21). The molecule has 1 aliphatic heterocycles. The van der Waals surface area contributed by atoms with Crippen molar-refractivity contribution in [2.24, 2.45) is 5.92 Å². The van der Waals surface area contributed by atoms with E-state index in [1.807, 2.05) is 20.8 Å². The summed E-state index contributed by atoms with van der Waals surface area (Å²) < 4.78 is 0. The van der Waals surface area contributed by atoms with E-state index in [9.17, 15) is 9.90 Å². The molecule has 0 aromatic carbocycles. The minimum Gasteiger partial charge on any atom is -0.394 e. The van der Waals surface area contributed by atoms with Gasteiger partial charge in [0, 0.05) is 19.1 Å². The van der Waals surface area contributed by atoms with Crippen LogP contribution in [-0.4, -0.2) is 53.9 Å². The van der Waals surface area contributed by atoms with Crippen molar-refractivity contribution in [3.63, 3.8) is 0 Å². The van der Waals surface area contributed by atoms with Gasteiger partial charge in [-0.2, -0.15) is 0 Å². The Morgan fingerprint density at radius 1 is 1.52 bits per heavy atom. The van der Waals surface area contributed by atoms with Gasteiger partial charge < -0.3 is 20.6 Å². The van der Waals surface area contributed by atoms with Crippen LogP contribution in [0.5, 0.6) is 0 Å². The Kier molecular flexibility index (Phi) is 7.46. The molecule has 3 atom stereocenters. The maximum atomic E-state index is 12.1. The van der Waals surface area contributed by atoms with Gasteiger partial charge in [-0.25, -0.2) is 4.79 Å². The van der Waals surface area contributed by atoms with Gasteiger partial charge in [0.2, 0.25) is 0 Å². The number of amides is 2. The van der Waals surface area contributed by atoms with E-state index in [1.165, 1.54) is 12.8 Å². The van der Waals surface area contributed by atoms with Crippen molar-refractivity contribution in [2.45, 2.75) is 65.0 Å². The van der Waals surface area contributed by atoms with Crippen LogP contribution in [0.3, 0.4) is 0 Å². The predicted octanol–water partition coefficient (Wildman–Crippen LogP) is 1.96. The van der Waals surface area contributed by atoms with Crippen molar-refractivity contribution in [1.82, 2.24) is 15.5 Å². The predicted molar refractivity (Wildman–Crippen MR) is 86.4 cm³/mol. The Morgan fingerprint density at radius 3 is 2.81 bits per heavy atom. The number of urea groups is 1. The lowest BCUT2D eigenvalue weighted by molar-refractivity contribution is 0.154. The number of piperidine rings is 1. The van der Waals surface area contributed by atoms with Crippen LogP contribution in [0.1, 0.15) is 53.4 Å². The molecule has 1 fully saturated rings. The molecule has 1 saturated heterocycles. The lowest BCUT2D eigenvalue weighted by Gasteiger charge is -2.33. The van der Waals surface area contributed by atoms with Crippen molar-refractivity contribution in [3.8, 4) is 0 Å². The number of aliphatic hydroxyl groups excluding tert-OH is 1. The van der Waals surface area contributed by atoms with Crippen molar-refractivity contribution in [2.75, 3.05) is 26.2 Å². The summed E-state index contributed by atoms with van der Waals surface area (Å²) in [4.78, 5) is 14.5. The number of nitrogens with one attached hydrogen (secondary N) is 2. The fourth-order valence-corrected chi connectivity index (χ4v) is 3.15. The maximum Gasteiger partial charge on any atom is 0.315 e. The summed E-state index contributed by atoms with van der Waals surface area (Å²) in [6.07, 6.45) is 4.26. The summed E-state index contributed by atoms with van der Waals surface area (Å²) in [6.45, 7) is 11.4. The largest absolute Gasteiger partial charge is 0.394 e. The molecule has 0 aromatic heterocycles. The number of aliphatic hydroxyl groups is 1. The van der Waals surface area contributed by atoms with E-state index >= 15 is 0 Å². The number of carbonyl (C=O) groups is 1. The first-order chi connectivity index (χ1) is 9.88. The molecule has 0 spiro atoms. The van der Waals surface area contributed by atoms with Crippen LogP contribution in [0.4, 0.5) is 4.79 Å². The van der Waals surface area contributed by atoms with Gasteiger partial charge in [0.25, 0.3) is 0 Å². The topological polar surface area (TPSA) is 64.6 Å². The molecule has 1 heterocycles. The average molecular weight is 299 g/mol. The van der Waals surface area contributed by atoms with Gasteiger partial charge in [0.1, 0.15) is 0 Å². The molecule has 0 aliphatic carbocycles. The van der Waals surface area contributed by atoms with Crippen LogP contribution < -0.4 is 10.6 Å². The van der Waals surface area contributed by atoms with E-state index in [0.717, 1.165) is 38.4 Å². The molecular weight excluding hydrogens is 266 g/mol. The van der Waals surface area contributed by atoms with Gasteiger partial charge in [-0.05, 0) is 45.6 Å². The van der Waals surface area contributed by atoms with Crippen LogP contribution >= 0.6 is 0 Å². The van der Waals surface area contributed by atoms with Crippen molar-refractivity contribution >= 4 is 6.03 Å². The number of rotatable bonds is 7. The molecule has 1 rings (SSSR count). The molecular formula is C16H33N3O2. The summed E-state index contributed by atoms with van der Waals surface area (Å²) in [5, 5.41) is 15.3. The first-order valence-corrected chi connectivity index (χ1v) is 8.30. The summed E-state index contributed by atoms with van der Waals surface area (Å²) >= 11 is 0. The van der Waals surface area contributed by atoms with Crippen molar-refractivity contribution in [3.05, 3.63) is 0 Å². The molecule has 5 heteroatoms. The van der Waals surface area contributed by atoms with Crippen molar-refractivity contribution < 1.29 is 9.90 Å². The van der Waals surface area contributed by atoms with Crippen LogP contribution in [-0.2, 0) is 0 Å². The van der Waals surface area contributed by atoms with E-state index in [4.69, 9.17) is 0 Å². The molecule has 21 heavy (non-hydrogen) atoms. The Labute approximate surface area is 129 Å². The molecule has 124 valence electrons. The van der Waals surface area contributed by atoms with Crippen LogP contribution in [0, 0.1) is 5.92 Å². The zero-order valence-electron chi connectivity index (χ0n) is 14.1. The molecule has 5 nitrogen and oxygen atoms in total. The highest BCUT2D eigenvalue weighted by molar-refractivity contribution is 5.75. The Morgan fingerprint density at radius 2 is 2.24 bits per heavy atom. The quantitative estimate of drug-likeness (QED) is 0.673. The minimum atomic E-state index is -0.530. The number of likely N-dealkylation sites (tertiary alicyclic amines) is 1. The highest BCUT2D eigenvalue weighted by Crippen LogP contribution is 2.15. The normalized spacial score (nSPS) is 24.1. The lowest BCUT2D eigenvalue weighted by Crippen LogP contribution is -2.55. The monoisotopic (exact) mass is 299 g/mol. The zero-order valence-corrected chi connectivity index (χ0v) is 14.1. The van der Waals surface area contributed by atoms with E-state index in [2.05, 4.69) is 22.5 Å². The molecule has 1 aliphatic rings. The summed E-state index contributed by atoms with van der Waals surface area (Å²) in [7, 11) is 0. The third-order valence-corrected chi connectivity index (χ3v) is 4.22. The van der Waals surface area contributed by atoms with Gasteiger partial charge >= 0.3 is 6.03 Å². The summed E-state index contributed by atoms with van der Waals surface area (Å²) in [5.41, 5.74) is -0.530. The summed E-state index contributed by atoms with van der Waals surface area (Å²) in [6, 6.07) is -0.0718. The van der Waals surface area contributed by atoms with Crippen LogP contribution in [0.2, 0.25) is 0 Å². The third-order valence-electron chi connectivity index (χ3n) is 4.22. The number of nitrogens with zero attached hydrogens (tertiary/aromatic N) is 1. The molecule has 0 radical (unpaired) electrons. The molecule has 2 amide bonds. The van der Waals surface area contributed by atoms with Gasteiger partial charge in [-0.1, -0.05) is 20.3 Å². The van der Waals surface area contributed by atoms with Crippen LogP contribution in [0.25, 0.3) is 0 Å². The third kappa shape index (κ3) is 6.66. The number of carbonyl (C=O) groups excluding carboxylic acids is 1. The first-order valence-electron chi connectivity index (χ1n) is 8.30. The number of hydrogen-bond acceptors (Lipinski definition) is 3.